The Morgan fingerprint density at radius 3 is 2.08 bits per heavy atom. The van der Waals surface area contributed by atoms with Crippen molar-refractivity contribution >= 4 is 35.1 Å². The number of anilines is 1. The maximum absolute atomic E-state index is 12.4. The van der Waals surface area contributed by atoms with Crippen molar-refractivity contribution in [2.75, 3.05) is 26.5 Å². The quantitative estimate of drug-likeness (QED) is 0.850. The SMILES string of the molecule is COC(=O)c1ccc(C(=O)Nc2cc(C(=O)N(C)C)ccc2Cl)cc1. The summed E-state index contributed by atoms with van der Waals surface area (Å²) in [4.78, 5) is 37.2. The molecule has 2 rings (SSSR count). The molecule has 25 heavy (non-hydrogen) atoms. The molecule has 2 aromatic rings. The van der Waals surface area contributed by atoms with Gasteiger partial charge in [0.1, 0.15) is 0 Å². The number of halogens is 1. The molecule has 0 radical (unpaired) electrons. The van der Waals surface area contributed by atoms with Crippen LogP contribution in [0.3, 0.4) is 0 Å². The Labute approximate surface area is 150 Å². The number of hydrogen-bond acceptors (Lipinski definition) is 4. The van der Waals surface area contributed by atoms with Gasteiger partial charge in [-0.1, -0.05) is 11.6 Å². The number of benzene rings is 2. The van der Waals surface area contributed by atoms with E-state index in [1.807, 2.05) is 0 Å². The molecule has 2 amide bonds. The highest BCUT2D eigenvalue weighted by molar-refractivity contribution is 6.34. The zero-order chi connectivity index (χ0) is 18.6. The highest BCUT2D eigenvalue weighted by Gasteiger charge is 2.14. The fraction of sp³-hybridized carbons (Fsp3) is 0.167. The van der Waals surface area contributed by atoms with Gasteiger partial charge in [0.05, 0.1) is 23.4 Å². The van der Waals surface area contributed by atoms with Crippen LogP contribution in [0.5, 0.6) is 0 Å². The molecule has 130 valence electrons. The maximum atomic E-state index is 12.4. The highest BCUT2D eigenvalue weighted by atomic mass is 35.5. The largest absolute Gasteiger partial charge is 0.465 e. The van der Waals surface area contributed by atoms with E-state index in [1.165, 1.54) is 42.3 Å². The lowest BCUT2D eigenvalue weighted by Crippen LogP contribution is -2.22. The third-order valence-electron chi connectivity index (χ3n) is 3.44. The number of esters is 1. The Kier molecular flexibility index (Phi) is 5.77. The molecule has 0 bridgehead atoms. The molecule has 0 atom stereocenters. The Morgan fingerprint density at radius 2 is 1.52 bits per heavy atom. The number of ether oxygens (including phenoxy) is 1. The Balaban J connectivity index is 2.21. The number of nitrogens with one attached hydrogen (secondary N) is 1. The topological polar surface area (TPSA) is 75.7 Å². The fourth-order valence-corrected chi connectivity index (χ4v) is 2.25. The molecule has 0 aliphatic carbocycles. The van der Waals surface area contributed by atoms with E-state index >= 15 is 0 Å². The summed E-state index contributed by atoms with van der Waals surface area (Å²) < 4.78 is 4.61. The zero-order valence-electron chi connectivity index (χ0n) is 14.0. The van der Waals surface area contributed by atoms with Crippen molar-refractivity contribution in [3.05, 3.63) is 64.2 Å². The van der Waals surface area contributed by atoms with Gasteiger partial charge in [0, 0.05) is 25.2 Å². The summed E-state index contributed by atoms with van der Waals surface area (Å²) in [5, 5.41) is 2.98. The lowest BCUT2D eigenvalue weighted by Gasteiger charge is -2.13. The van der Waals surface area contributed by atoms with Crippen LogP contribution < -0.4 is 5.32 Å². The molecule has 0 heterocycles. The van der Waals surface area contributed by atoms with Gasteiger partial charge in [-0.15, -0.1) is 0 Å². The smallest absolute Gasteiger partial charge is 0.337 e. The minimum Gasteiger partial charge on any atom is -0.465 e. The third-order valence-corrected chi connectivity index (χ3v) is 3.77. The van der Waals surface area contributed by atoms with Crippen molar-refractivity contribution in [1.82, 2.24) is 4.90 Å². The summed E-state index contributed by atoms with van der Waals surface area (Å²) in [6.45, 7) is 0. The molecule has 0 saturated carbocycles. The Bertz CT molecular complexity index is 816. The van der Waals surface area contributed by atoms with Gasteiger partial charge in [0.15, 0.2) is 0 Å². The summed E-state index contributed by atoms with van der Waals surface area (Å²) in [6, 6.07) is 10.7. The van der Waals surface area contributed by atoms with Crippen LogP contribution in [0.25, 0.3) is 0 Å². The Morgan fingerprint density at radius 1 is 0.960 bits per heavy atom. The van der Waals surface area contributed by atoms with Crippen LogP contribution >= 0.6 is 11.6 Å². The lowest BCUT2D eigenvalue weighted by atomic mass is 10.1. The highest BCUT2D eigenvalue weighted by Crippen LogP contribution is 2.24. The molecule has 0 unspecified atom stereocenters. The third kappa shape index (κ3) is 4.36. The number of nitrogens with zero attached hydrogens (tertiary/aromatic N) is 1. The first-order chi connectivity index (χ1) is 11.8. The molecule has 0 aliphatic rings. The molecular weight excluding hydrogens is 344 g/mol. The van der Waals surface area contributed by atoms with Crippen molar-refractivity contribution in [2.24, 2.45) is 0 Å². The molecule has 2 aromatic carbocycles. The van der Waals surface area contributed by atoms with Gasteiger partial charge in [-0.25, -0.2) is 4.79 Å². The molecule has 0 aromatic heterocycles. The molecule has 7 heteroatoms. The van der Waals surface area contributed by atoms with Crippen LogP contribution in [0.2, 0.25) is 5.02 Å². The maximum Gasteiger partial charge on any atom is 0.337 e. The van der Waals surface area contributed by atoms with E-state index in [-0.39, 0.29) is 5.91 Å². The van der Waals surface area contributed by atoms with Gasteiger partial charge in [0.2, 0.25) is 0 Å². The van der Waals surface area contributed by atoms with Crippen LogP contribution in [0.4, 0.5) is 5.69 Å². The standard InChI is InChI=1S/C18H17ClN2O4/c1-21(2)17(23)13-8-9-14(19)15(10-13)20-16(22)11-4-6-12(7-5-11)18(24)25-3/h4-10H,1-3H3,(H,20,22). The molecular formula is C18H17ClN2O4. The van der Waals surface area contributed by atoms with E-state index in [0.717, 1.165) is 0 Å². The van der Waals surface area contributed by atoms with Gasteiger partial charge >= 0.3 is 5.97 Å². The van der Waals surface area contributed by atoms with Crippen LogP contribution in [0.1, 0.15) is 31.1 Å². The summed E-state index contributed by atoms with van der Waals surface area (Å²) in [5.74, 6) is -1.09. The van der Waals surface area contributed by atoms with E-state index in [2.05, 4.69) is 10.1 Å². The van der Waals surface area contributed by atoms with E-state index in [1.54, 1.807) is 26.2 Å². The van der Waals surface area contributed by atoms with Crippen molar-refractivity contribution in [3.63, 3.8) is 0 Å². The lowest BCUT2D eigenvalue weighted by molar-refractivity contribution is 0.0600. The van der Waals surface area contributed by atoms with Crippen LogP contribution in [-0.4, -0.2) is 43.9 Å². The van der Waals surface area contributed by atoms with Crippen molar-refractivity contribution in [2.45, 2.75) is 0 Å². The predicted molar refractivity (Wildman–Crippen MR) is 95.2 cm³/mol. The van der Waals surface area contributed by atoms with Gasteiger partial charge in [-0.2, -0.15) is 0 Å². The number of hydrogen-bond donors (Lipinski definition) is 1. The van der Waals surface area contributed by atoms with Crippen LogP contribution in [-0.2, 0) is 4.74 Å². The first kappa shape index (κ1) is 18.5. The van der Waals surface area contributed by atoms with Crippen molar-refractivity contribution in [3.8, 4) is 0 Å². The number of carbonyl (C=O) groups is 3. The monoisotopic (exact) mass is 360 g/mol. The first-order valence-corrected chi connectivity index (χ1v) is 7.72. The second-order valence-electron chi connectivity index (χ2n) is 5.42. The molecule has 0 spiro atoms. The summed E-state index contributed by atoms with van der Waals surface area (Å²) >= 11 is 6.10. The molecule has 6 nitrogen and oxygen atoms in total. The number of carbonyl (C=O) groups excluding carboxylic acids is 3. The van der Waals surface area contributed by atoms with Crippen LogP contribution in [0.15, 0.2) is 42.5 Å². The molecule has 1 N–H and O–H groups in total. The van der Waals surface area contributed by atoms with Gasteiger partial charge < -0.3 is 15.0 Å². The van der Waals surface area contributed by atoms with Crippen molar-refractivity contribution < 1.29 is 19.1 Å². The van der Waals surface area contributed by atoms with Gasteiger partial charge in [-0.05, 0) is 42.5 Å². The molecule has 0 saturated heterocycles. The minimum absolute atomic E-state index is 0.199. The normalized spacial score (nSPS) is 10.1. The molecule has 0 aliphatic heterocycles. The van der Waals surface area contributed by atoms with Crippen molar-refractivity contribution in [1.29, 1.82) is 0 Å². The summed E-state index contributed by atoms with van der Waals surface area (Å²) in [5.41, 5.74) is 1.42. The van der Waals surface area contributed by atoms with Gasteiger partial charge in [0.25, 0.3) is 11.8 Å². The fourth-order valence-electron chi connectivity index (χ4n) is 2.08. The number of amides is 2. The van der Waals surface area contributed by atoms with E-state index in [9.17, 15) is 14.4 Å². The zero-order valence-corrected chi connectivity index (χ0v) is 14.8. The first-order valence-electron chi connectivity index (χ1n) is 7.34. The number of rotatable bonds is 4. The summed E-state index contributed by atoms with van der Waals surface area (Å²) in [6.07, 6.45) is 0. The summed E-state index contributed by atoms with van der Waals surface area (Å²) in [7, 11) is 4.56. The average Bonchev–Trinajstić information content (AvgIpc) is 2.62. The van der Waals surface area contributed by atoms with E-state index < -0.39 is 11.9 Å². The second kappa shape index (κ2) is 7.81. The minimum atomic E-state index is -0.482. The van der Waals surface area contributed by atoms with Gasteiger partial charge in [-0.3, -0.25) is 9.59 Å². The molecule has 0 fully saturated rings. The number of methoxy groups -OCH3 is 1. The predicted octanol–water partition coefficient (Wildman–Crippen LogP) is 3.08. The van der Waals surface area contributed by atoms with E-state index in [4.69, 9.17) is 11.6 Å². The Hall–Kier alpha value is -2.86. The average molecular weight is 361 g/mol. The van der Waals surface area contributed by atoms with Crippen LogP contribution in [0, 0.1) is 0 Å². The van der Waals surface area contributed by atoms with E-state index in [0.29, 0.717) is 27.4 Å². The second-order valence-corrected chi connectivity index (χ2v) is 5.82.